The molecule has 5 nitrogen and oxygen atoms in total. The van der Waals surface area contributed by atoms with Crippen LogP contribution in [0.2, 0.25) is 0 Å². The fraction of sp³-hybridized carbons (Fsp3) is 0.250. The molecule has 17 heavy (non-hydrogen) atoms. The van der Waals surface area contributed by atoms with Gasteiger partial charge in [-0.25, -0.2) is 4.68 Å². The fourth-order valence-corrected chi connectivity index (χ4v) is 1.49. The van der Waals surface area contributed by atoms with Gasteiger partial charge in [0.25, 0.3) is 0 Å². The lowest BCUT2D eigenvalue weighted by molar-refractivity contribution is 0.288. The van der Waals surface area contributed by atoms with Crippen LogP contribution in [0.15, 0.2) is 30.5 Å². The highest BCUT2D eigenvalue weighted by atomic mass is 16.2. The van der Waals surface area contributed by atoms with Gasteiger partial charge in [0, 0.05) is 6.61 Å². The van der Waals surface area contributed by atoms with Crippen LogP contribution in [0.1, 0.15) is 17.7 Å². The van der Waals surface area contributed by atoms with Crippen molar-refractivity contribution >= 4 is 0 Å². The minimum Gasteiger partial charge on any atom is -0.396 e. The molecule has 1 heterocycles. The minimum absolute atomic E-state index is 0.156. The molecule has 2 aromatic rings. The maximum Gasteiger partial charge on any atom is 0.0991 e. The number of aryl methyl sites for hydroxylation is 1. The van der Waals surface area contributed by atoms with Crippen LogP contribution in [0.4, 0.5) is 0 Å². The molecule has 0 bridgehead atoms. The Balaban J connectivity index is 2.16. The maximum absolute atomic E-state index is 8.72. The van der Waals surface area contributed by atoms with Crippen molar-refractivity contribution in [2.75, 3.05) is 6.61 Å². The van der Waals surface area contributed by atoms with E-state index in [-0.39, 0.29) is 6.61 Å². The molecule has 5 heteroatoms. The van der Waals surface area contributed by atoms with Gasteiger partial charge in [0.1, 0.15) is 0 Å². The van der Waals surface area contributed by atoms with E-state index in [0.29, 0.717) is 18.4 Å². The summed E-state index contributed by atoms with van der Waals surface area (Å²) in [5.74, 6) is 0. The van der Waals surface area contributed by atoms with E-state index in [1.807, 2.05) is 18.3 Å². The molecule has 0 spiro atoms. The van der Waals surface area contributed by atoms with Gasteiger partial charge in [-0.2, -0.15) is 5.26 Å². The summed E-state index contributed by atoms with van der Waals surface area (Å²) in [6.07, 6.45) is 3.23. The van der Waals surface area contributed by atoms with Gasteiger partial charge in [0.05, 0.1) is 29.2 Å². The molecule has 1 aromatic heterocycles. The van der Waals surface area contributed by atoms with E-state index in [9.17, 15) is 0 Å². The third-order valence-electron chi connectivity index (χ3n) is 2.39. The van der Waals surface area contributed by atoms with Gasteiger partial charge in [0.2, 0.25) is 0 Å². The van der Waals surface area contributed by atoms with Gasteiger partial charge in [-0.15, -0.1) is 5.10 Å². The first-order valence-electron chi connectivity index (χ1n) is 5.36. The molecule has 0 radical (unpaired) electrons. The van der Waals surface area contributed by atoms with Crippen LogP contribution < -0.4 is 0 Å². The van der Waals surface area contributed by atoms with Crippen LogP contribution in [0.25, 0.3) is 5.69 Å². The van der Waals surface area contributed by atoms with Gasteiger partial charge >= 0.3 is 0 Å². The lowest BCUT2D eigenvalue weighted by Gasteiger charge is -1.98. The van der Waals surface area contributed by atoms with Crippen molar-refractivity contribution in [3.05, 3.63) is 41.7 Å². The normalized spacial score (nSPS) is 10.1. The summed E-state index contributed by atoms with van der Waals surface area (Å²) in [6.45, 7) is 0.156. The monoisotopic (exact) mass is 228 g/mol. The SMILES string of the molecule is N#Cc1ccc(-n2cc(CCCO)nn2)cc1. The number of hydrogen-bond donors (Lipinski definition) is 1. The van der Waals surface area contributed by atoms with Gasteiger partial charge in [-0.05, 0) is 37.1 Å². The van der Waals surface area contributed by atoms with Crippen LogP contribution in [0.5, 0.6) is 0 Å². The maximum atomic E-state index is 8.72. The van der Waals surface area contributed by atoms with Crippen LogP contribution in [0.3, 0.4) is 0 Å². The third kappa shape index (κ3) is 2.68. The molecule has 1 aromatic carbocycles. The number of aromatic nitrogens is 3. The van der Waals surface area contributed by atoms with Crippen molar-refractivity contribution < 1.29 is 5.11 Å². The summed E-state index contributed by atoms with van der Waals surface area (Å²) in [7, 11) is 0. The predicted octanol–water partition coefficient (Wildman–Crippen LogP) is 1.06. The predicted molar refractivity (Wildman–Crippen MR) is 61.5 cm³/mol. The smallest absolute Gasteiger partial charge is 0.0991 e. The van der Waals surface area contributed by atoms with E-state index in [1.165, 1.54) is 0 Å². The average Bonchev–Trinajstić information content (AvgIpc) is 2.85. The fourth-order valence-electron chi connectivity index (χ4n) is 1.49. The summed E-state index contributed by atoms with van der Waals surface area (Å²) < 4.78 is 1.66. The molecule has 0 unspecified atom stereocenters. The first-order valence-corrected chi connectivity index (χ1v) is 5.36. The number of hydrogen-bond acceptors (Lipinski definition) is 4. The van der Waals surface area contributed by atoms with Crippen molar-refractivity contribution in [2.45, 2.75) is 12.8 Å². The summed E-state index contributed by atoms with van der Waals surface area (Å²) in [6, 6.07) is 9.19. The molecule has 2 rings (SSSR count). The molecule has 0 saturated carbocycles. The average molecular weight is 228 g/mol. The Morgan fingerprint density at radius 3 is 2.71 bits per heavy atom. The largest absolute Gasteiger partial charge is 0.396 e. The van der Waals surface area contributed by atoms with E-state index in [2.05, 4.69) is 16.4 Å². The molecule has 0 aliphatic carbocycles. The van der Waals surface area contributed by atoms with E-state index >= 15 is 0 Å². The van der Waals surface area contributed by atoms with Crippen LogP contribution >= 0.6 is 0 Å². The first-order chi connectivity index (χ1) is 8.33. The second kappa shape index (κ2) is 5.23. The molecule has 0 amide bonds. The van der Waals surface area contributed by atoms with Crippen molar-refractivity contribution in [2.24, 2.45) is 0 Å². The second-order valence-corrected chi connectivity index (χ2v) is 3.64. The van der Waals surface area contributed by atoms with Gasteiger partial charge < -0.3 is 5.11 Å². The lowest BCUT2D eigenvalue weighted by Crippen LogP contribution is -1.94. The van der Waals surface area contributed by atoms with Crippen molar-refractivity contribution in [1.29, 1.82) is 5.26 Å². The summed E-state index contributed by atoms with van der Waals surface area (Å²) in [5.41, 5.74) is 2.34. The lowest BCUT2D eigenvalue weighted by atomic mass is 10.2. The van der Waals surface area contributed by atoms with E-state index in [0.717, 1.165) is 11.4 Å². The summed E-state index contributed by atoms with van der Waals surface area (Å²) in [4.78, 5) is 0. The number of aliphatic hydroxyl groups excluding tert-OH is 1. The molecule has 0 fully saturated rings. The molecular weight excluding hydrogens is 216 g/mol. The zero-order valence-electron chi connectivity index (χ0n) is 9.24. The summed E-state index contributed by atoms with van der Waals surface area (Å²) in [5, 5.41) is 25.4. The topological polar surface area (TPSA) is 74.7 Å². The van der Waals surface area contributed by atoms with Crippen molar-refractivity contribution in [3.8, 4) is 11.8 Å². The Morgan fingerprint density at radius 2 is 2.06 bits per heavy atom. The number of rotatable bonds is 4. The number of benzene rings is 1. The third-order valence-corrected chi connectivity index (χ3v) is 2.39. The van der Waals surface area contributed by atoms with Crippen LogP contribution in [0, 0.1) is 11.3 Å². The van der Waals surface area contributed by atoms with Gasteiger partial charge in [-0.3, -0.25) is 0 Å². The van der Waals surface area contributed by atoms with E-state index in [4.69, 9.17) is 10.4 Å². The highest BCUT2D eigenvalue weighted by Gasteiger charge is 2.02. The van der Waals surface area contributed by atoms with Crippen molar-refractivity contribution in [3.63, 3.8) is 0 Å². The quantitative estimate of drug-likeness (QED) is 0.849. The Labute approximate surface area is 98.9 Å². The highest BCUT2D eigenvalue weighted by Crippen LogP contribution is 2.09. The number of aliphatic hydroxyl groups is 1. The van der Waals surface area contributed by atoms with Gasteiger partial charge in [0.15, 0.2) is 0 Å². The molecular formula is C12H12N4O. The molecule has 0 saturated heterocycles. The Kier molecular flexibility index (Phi) is 3.48. The number of nitriles is 1. The summed E-state index contributed by atoms with van der Waals surface area (Å²) >= 11 is 0. The van der Waals surface area contributed by atoms with E-state index < -0.39 is 0 Å². The zero-order valence-corrected chi connectivity index (χ0v) is 9.24. The minimum atomic E-state index is 0.156. The molecule has 0 aliphatic rings. The molecule has 0 atom stereocenters. The van der Waals surface area contributed by atoms with E-state index in [1.54, 1.807) is 16.8 Å². The van der Waals surface area contributed by atoms with Crippen LogP contribution in [-0.4, -0.2) is 26.7 Å². The molecule has 86 valence electrons. The standard InChI is InChI=1S/C12H12N4O/c13-8-10-3-5-12(6-4-10)16-9-11(14-15-16)2-1-7-17/h3-6,9,17H,1-2,7H2. The van der Waals surface area contributed by atoms with Gasteiger partial charge in [-0.1, -0.05) is 5.21 Å². The Bertz CT molecular complexity index is 524. The zero-order chi connectivity index (χ0) is 12.1. The second-order valence-electron chi connectivity index (χ2n) is 3.64. The highest BCUT2D eigenvalue weighted by molar-refractivity contribution is 5.38. The Hall–Kier alpha value is -2.19. The molecule has 0 aliphatic heterocycles. The Morgan fingerprint density at radius 1 is 1.29 bits per heavy atom. The molecule has 1 N–H and O–H groups in total. The van der Waals surface area contributed by atoms with Crippen molar-refractivity contribution in [1.82, 2.24) is 15.0 Å². The van der Waals surface area contributed by atoms with Crippen LogP contribution in [-0.2, 0) is 6.42 Å². The first kappa shape index (κ1) is 11.3. The number of nitrogens with zero attached hydrogens (tertiary/aromatic N) is 4.